The van der Waals surface area contributed by atoms with Crippen LogP contribution in [0.3, 0.4) is 0 Å². The minimum absolute atomic E-state index is 0.139. The summed E-state index contributed by atoms with van der Waals surface area (Å²) in [6, 6.07) is 0. The summed E-state index contributed by atoms with van der Waals surface area (Å²) in [6.07, 6.45) is 5.28. The summed E-state index contributed by atoms with van der Waals surface area (Å²) >= 11 is 0. The van der Waals surface area contributed by atoms with Crippen molar-refractivity contribution in [2.75, 3.05) is 0 Å². The van der Waals surface area contributed by atoms with Gasteiger partial charge in [-0.3, -0.25) is 0 Å². The van der Waals surface area contributed by atoms with E-state index in [2.05, 4.69) is 20.8 Å². The monoisotopic (exact) mass is 238 g/mol. The second-order valence-corrected chi connectivity index (χ2v) is 6.82. The Morgan fingerprint density at radius 1 is 1.29 bits per heavy atom. The van der Waals surface area contributed by atoms with Crippen molar-refractivity contribution >= 4 is 0 Å². The molecule has 0 radical (unpaired) electrons. The minimum atomic E-state index is -0.774. The zero-order valence-electron chi connectivity index (χ0n) is 11.5. The fourth-order valence-corrected chi connectivity index (χ4v) is 3.70. The molecule has 0 heterocycles. The van der Waals surface area contributed by atoms with Crippen molar-refractivity contribution in [3.05, 3.63) is 11.6 Å². The molecule has 0 unspecified atom stereocenters. The van der Waals surface area contributed by atoms with Crippen LogP contribution in [0.2, 0.25) is 0 Å². The Bertz CT molecular complexity index is 330. The largest absolute Gasteiger partial charge is 0.389 e. The van der Waals surface area contributed by atoms with Crippen molar-refractivity contribution in [1.82, 2.24) is 0 Å². The maximum Gasteiger partial charge on any atom is 0.0751 e. The van der Waals surface area contributed by atoms with Crippen LogP contribution in [0.25, 0.3) is 0 Å². The summed E-state index contributed by atoms with van der Waals surface area (Å²) < 4.78 is 0. The van der Waals surface area contributed by atoms with Crippen LogP contribution in [0.15, 0.2) is 11.6 Å². The van der Waals surface area contributed by atoms with Gasteiger partial charge in [0.15, 0.2) is 0 Å². The first-order valence-corrected chi connectivity index (χ1v) is 6.88. The standard InChI is InChI=1S/C15H26O2/c1-10(2)11-5-6-12-7-13(16)9-15(4,17)14(12,3)8-11/h7,10-11,13,16-17H,5-6,8-9H2,1-4H3/t11-,13-,14-,15+/m1/s1. The molecule has 1 saturated carbocycles. The Morgan fingerprint density at radius 3 is 2.53 bits per heavy atom. The highest BCUT2D eigenvalue weighted by Gasteiger charge is 2.52. The lowest BCUT2D eigenvalue weighted by Gasteiger charge is -2.53. The van der Waals surface area contributed by atoms with Gasteiger partial charge in [0.05, 0.1) is 11.7 Å². The van der Waals surface area contributed by atoms with Gasteiger partial charge in [0, 0.05) is 11.8 Å². The van der Waals surface area contributed by atoms with Crippen molar-refractivity contribution in [2.45, 2.75) is 65.1 Å². The summed E-state index contributed by atoms with van der Waals surface area (Å²) in [4.78, 5) is 0. The molecule has 4 atom stereocenters. The van der Waals surface area contributed by atoms with Crippen LogP contribution in [-0.2, 0) is 0 Å². The first-order chi connectivity index (χ1) is 7.76. The molecule has 0 amide bonds. The lowest BCUT2D eigenvalue weighted by molar-refractivity contribution is -0.0969. The molecule has 2 aliphatic rings. The van der Waals surface area contributed by atoms with Crippen LogP contribution in [0, 0.1) is 17.3 Å². The Hall–Kier alpha value is -0.340. The third-order valence-corrected chi connectivity index (χ3v) is 5.30. The van der Waals surface area contributed by atoms with Crippen molar-refractivity contribution < 1.29 is 10.2 Å². The van der Waals surface area contributed by atoms with Crippen molar-refractivity contribution in [1.29, 1.82) is 0 Å². The molecule has 2 N–H and O–H groups in total. The zero-order valence-corrected chi connectivity index (χ0v) is 11.5. The molecule has 0 aromatic heterocycles. The molecule has 2 rings (SSSR count). The van der Waals surface area contributed by atoms with Crippen LogP contribution >= 0.6 is 0 Å². The van der Waals surface area contributed by atoms with E-state index in [1.54, 1.807) is 0 Å². The summed E-state index contributed by atoms with van der Waals surface area (Å²) in [5.74, 6) is 1.37. The van der Waals surface area contributed by atoms with E-state index in [9.17, 15) is 10.2 Å². The van der Waals surface area contributed by atoms with Gasteiger partial charge in [0.2, 0.25) is 0 Å². The van der Waals surface area contributed by atoms with Gasteiger partial charge in [-0.05, 0) is 38.0 Å². The first-order valence-electron chi connectivity index (χ1n) is 6.88. The van der Waals surface area contributed by atoms with Crippen molar-refractivity contribution in [3.8, 4) is 0 Å². The molecule has 0 saturated heterocycles. The molecule has 0 bridgehead atoms. The van der Waals surface area contributed by atoms with Crippen LogP contribution in [-0.4, -0.2) is 21.9 Å². The number of hydrogen-bond donors (Lipinski definition) is 2. The molecule has 1 fully saturated rings. The van der Waals surface area contributed by atoms with E-state index in [0.29, 0.717) is 18.3 Å². The number of hydrogen-bond acceptors (Lipinski definition) is 2. The fourth-order valence-electron chi connectivity index (χ4n) is 3.70. The van der Waals surface area contributed by atoms with Crippen LogP contribution in [0.4, 0.5) is 0 Å². The molecular formula is C15H26O2. The van der Waals surface area contributed by atoms with Gasteiger partial charge in [-0.25, -0.2) is 0 Å². The molecule has 2 aliphatic carbocycles. The molecular weight excluding hydrogens is 212 g/mol. The van der Waals surface area contributed by atoms with Gasteiger partial charge in [-0.15, -0.1) is 0 Å². The van der Waals surface area contributed by atoms with E-state index in [-0.39, 0.29) is 5.41 Å². The number of fused-ring (bicyclic) bond motifs is 1. The smallest absolute Gasteiger partial charge is 0.0751 e. The van der Waals surface area contributed by atoms with Gasteiger partial charge >= 0.3 is 0 Å². The maximum absolute atomic E-state index is 10.7. The van der Waals surface area contributed by atoms with Gasteiger partial charge in [0.25, 0.3) is 0 Å². The Balaban J connectivity index is 2.33. The highest BCUT2D eigenvalue weighted by atomic mass is 16.3. The molecule has 0 aromatic carbocycles. The predicted octanol–water partition coefficient (Wildman–Crippen LogP) is 2.89. The average molecular weight is 238 g/mol. The lowest BCUT2D eigenvalue weighted by Crippen LogP contribution is -2.53. The summed E-state index contributed by atoms with van der Waals surface area (Å²) in [5.41, 5.74) is 0.363. The maximum atomic E-state index is 10.7. The van der Waals surface area contributed by atoms with E-state index >= 15 is 0 Å². The summed E-state index contributed by atoms with van der Waals surface area (Å²) in [7, 11) is 0. The molecule has 0 aliphatic heterocycles. The van der Waals surface area contributed by atoms with Gasteiger partial charge in [-0.1, -0.05) is 32.4 Å². The molecule has 0 aromatic rings. The third-order valence-electron chi connectivity index (χ3n) is 5.30. The van der Waals surface area contributed by atoms with Gasteiger partial charge in [0.1, 0.15) is 0 Å². The predicted molar refractivity (Wildman–Crippen MR) is 69.6 cm³/mol. The van der Waals surface area contributed by atoms with E-state index in [0.717, 1.165) is 12.8 Å². The van der Waals surface area contributed by atoms with Gasteiger partial charge in [-0.2, -0.15) is 0 Å². The molecule has 2 heteroatoms. The van der Waals surface area contributed by atoms with Crippen molar-refractivity contribution in [3.63, 3.8) is 0 Å². The van der Waals surface area contributed by atoms with Crippen LogP contribution in [0.1, 0.15) is 53.4 Å². The van der Waals surface area contributed by atoms with E-state index in [4.69, 9.17) is 0 Å². The summed E-state index contributed by atoms with van der Waals surface area (Å²) in [6.45, 7) is 8.62. The first kappa shape index (κ1) is 13.1. The van der Waals surface area contributed by atoms with E-state index in [1.807, 2.05) is 13.0 Å². The Labute approximate surface area is 105 Å². The normalized spacial score (nSPS) is 46.6. The average Bonchev–Trinajstić information content (AvgIpc) is 2.18. The quantitative estimate of drug-likeness (QED) is 0.690. The SMILES string of the molecule is CC(C)[C@@H]1CCC2=C[C@@H](O)C[C@](C)(O)[C@]2(C)C1. The number of aliphatic hydroxyl groups excluding tert-OH is 1. The Kier molecular flexibility index (Phi) is 3.16. The third kappa shape index (κ3) is 2.06. The van der Waals surface area contributed by atoms with Crippen LogP contribution < -0.4 is 0 Å². The highest BCUT2D eigenvalue weighted by Crippen LogP contribution is 2.55. The molecule has 2 nitrogen and oxygen atoms in total. The van der Waals surface area contributed by atoms with Crippen LogP contribution in [0.5, 0.6) is 0 Å². The second kappa shape index (κ2) is 4.10. The second-order valence-electron chi connectivity index (χ2n) is 6.82. The number of aliphatic hydroxyl groups is 2. The Morgan fingerprint density at radius 2 is 1.94 bits per heavy atom. The molecule has 17 heavy (non-hydrogen) atoms. The summed E-state index contributed by atoms with van der Waals surface area (Å²) in [5, 5.41) is 20.5. The molecule has 0 spiro atoms. The fraction of sp³-hybridized carbons (Fsp3) is 0.867. The van der Waals surface area contributed by atoms with Gasteiger partial charge < -0.3 is 10.2 Å². The minimum Gasteiger partial charge on any atom is -0.389 e. The molecule has 98 valence electrons. The zero-order chi connectivity index (χ0) is 12.8. The van der Waals surface area contributed by atoms with Crippen molar-refractivity contribution in [2.24, 2.45) is 17.3 Å². The topological polar surface area (TPSA) is 40.5 Å². The van der Waals surface area contributed by atoms with E-state index < -0.39 is 11.7 Å². The lowest BCUT2D eigenvalue weighted by atomic mass is 9.55. The number of rotatable bonds is 1. The van der Waals surface area contributed by atoms with E-state index in [1.165, 1.54) is 12.0 Å². The highest BCUT2D eigenvalue weighted by molar-refractivity contribution is 5.27.